The van der Waals surface area contributed by atoms with Crippen molar-refractivity contribution in [1.82, 2.24) is 4.98 Å². The summed E-state index contributed by atoms with van der Waals surface area (Å²) in [7, 11) is 0. The van der Waals surface area contributed by atoms with E-state index in [0.29, 0.717) is 44.2 Å². The van der Waals surface area contributed by atoms with Crippen LogP contribution in [0.25, 0.3) is 22.0 Å². The molecule has 5 nitrogen and oxygen atoms in total. The standard InChI is InChI=1S/C29H22ClN3O2.C3H8.C2H6/c1-3-32-16-18(2)29(34)22-8-7-20(15-31)21(11-22)17-35-24-6-4-5-19(12-24)25-14-28(30)33-27-10-9-23(29)13-26(25)27;1-3-2;1-2/h3-14,16,34H,17H2,1-2H3;3H2,1-2H3;1-2H3/b18-16+,32-3?;;. The molecular weight excluding hydrogens is 518 g/mol. The number of aliphatic hydroxyl groups is 1. The number of pyridine rings is 1. The van der Waals surface area contributed by atoms with Gasteiger partial charge in [-0.05, 0) is 84.1 Å². The van der Waals surface area contributed by atoms with Crippen molar-refractivity contribution in [2.45, 2.75) is 60.2 Å². The minimum absolute atomic E-state index is 0.177. The maximum Gasteiger partial charge on any atom is 0.138 e. The van der Waals surface area contributed by atoms with E-state index in [1.165, 1.54) is 6.42 Å². The predicted octanol–water partition coefficient (Wildman–Crippen LogP) is 8.99. The average Bonchev–Trinajstić information content (AvgIpc) is 2.99. The van der Waals surface area contributed by atoms with Crippen molar-refractivity contribution >= 4 is 28.7 Å². The molecule has 4 aromatic rings. The highest BCUT2D eigenvalue weighted by atomic mass is 35.5. The molecular formula is C34H36ClN3O2. The monoisotopic (exact) mass is 553 g/mol. The molecule has 206 valence electrons. The lowest BCUT2D eigenvalue weighted by Gasteiger charge is -2.31. The molecule has 0 aliphatic carbocycles. The molecule has 3 aromatic carbocycles. The van der Waals surface area contributed by atoms with E-state index in [1.807, 2.05) is 82.3 Å². The summed E-state index contributed by atoms with van der Waals surface area (Å²) in [6, 6.07) is 22.8. The van der Waals surface area contributed by atoms with Crippen LogP contribution in [0.15, 0.2) is 83.5 Å². The van der Waals surface area contributed by atoms with Gasteiger partial charge in [0.1, 0.15) is 23.1 Å². The van der Waals surface area contributed by atoms with E-state index < -0.39 is 5.60 Å². The van der Waals surface area contributed by atoms with Crippen molar-refractivity contribution in [2.24, 2.45) is 4.99 Å². The molecule has 0 saturated heterocycles. The second kappa shape index (κ2) is 13.9. The van der Waals surface area contributed by atoms with Gasteiger partial charge in [0.05, 0.1) is 17.1 Å². The van der Waals surface area contributed by atoms with Gasteiger partial charge in [-0.1, -0.05) is 70.0 Å². The van der Waals surface area contributed by atoms with E-state index in [0.717, 1.165) is 16.5 Å². The number of nitrogens with zero attached hydrogens (tertiary/aromatic N) is 3. The fourth-order valence-corrected chi connectivity index (χ4v) is 4.72. The third kappa shape index (κ3) is 6.25. The van der Waals surface area contributed by atoms with Crippen LogP contribution in [-0.2, 0) is 12.2 Å². The second-order valence-electron chi connectivity index (χ2n) is 9.16. The van der Waals surface area contributed by atoms with E-state index in [1.54, 1.807) is 24.5 Å². The highest BCUT2D eigenvalue weighted by molar-refractivity contribution is 6.30. The smallest absolute Gasteiger partial charge is 0.138 e. The number of aliphatic imine (C=N–C) groups is 1. The number of ether oxygens (including phenoxy) is 1. The number of hydrogen-bond acceptors (Lipinski definition) is 5. The zero-order valence-electron chi connectivity index (χ0n) is 24.0. The summed E-state index contributed by atoms with van der Waals surface area (Å²) < 4.78 is 6.10. The SMILES string of the molecule is CC.CC=N/C=C(\C)C1(O)c2ccc(C#N)c(c2)COc2cccc(c2)-c2cc(Cl)nc3ccc1cc23.CCC. The Labute approximate surface area is 242 Å². The zero-order chi connectivity index (χ0) is 29.3. The van der Waals surface area contributed by atoms with Crippen molar-refractivity contribution in [3.63, 3.8) is 0 Å². The van der Waals surface area contributed by atoms with Gasteiger partial charge >= 0.3 is 0 Å². The Kier molecular flexibility index (Phi) is 10.6. The normalized spacial score (nSPS) is 15.8. The van der Waals surface area contributed by atoms with Gasteiger partial charge in [-0.25, -0.2) is 4.98 Å². The first-order chi connectivity index (χ1) is 19.3. The van der Waals surface area contributed by atoms with Crippen LogP contribution in [-0.4, -0.2) is 16.3 Å². The third-order valence-corrected chi connectivity index (χ3v) is 6.56. The molecule has 1 aliphatic rings. The number of rotatable bonds is 2. The number of aromatic nitrogens is 1. The molecule has 2 heterocycles. The fraction of sp³-hybridized carbons (Fsp3) is 0.265. The lowest BCUT2D eigenvalue weighted by atomic mass is 9.79. The lowest BCUT2D eigenvalue weighted by molar-refractivity contribution is 0.120. The molecule has 0 radical (unpaired) electrons. The summed E-state index contributed by atoms with van der Waals surface area (Å²) in [4.78, 5) is 8.77. The molecule has 6 heteroatoms. The summed E-state index contributed by atoms with van der Waals surface area (Å²) in [6.45, 7) is 12.1. The molecule has 0 spiro atoms. The first kappa shape index (κ1) is 30.6. The predicted molar refractivity (Wildman–Crippen MR) is 166 cm³/mol. The Morgan fingerprint density at radius 2 is 1.80 bits per heavy atom. The van der Waals surface area contributed by atoms with Gasteiger partial charge in [-0.3, -0.25) is 4.99 Å². The maximum absolute atomic E-state index is 12.3. The molecule has 1 aromatic heterocycles. The van der Waals surface area contributed by atoms with Crippen molar-refractivity contribution in [2.75, 3.05) is 0 Å². The Morgan fingerprint density at radius 1 is 1.10 bits per heavy atom. The Balaban J connectivity index is 0.000000827. The molecule has 1 N–H and O–H groups in total. The summed E-state index contributed by atoms with van der Waals surface area (Å²) in [6.07, 6.45) is 4.57. The highest BCUT2D eigenvalue weighted by Gasteiger charge is 2.35. The molecule has 1 unspecified atom stereocenters. The summed E-state index contributed by atoms with van der Waals surface area (Å²) >= 11 is 6.38. The summed E-state index contributed by atoms with van der Waals surface area (Å²) in [5, 5.41) is 23.3. The third-order valence-electron chi connectivity index (χ3n) is 6.37. The fourth-order valence-electron chi connectivity index (χ4n) is 4.52. The molecule has 0 amide bonds. The van der Waals surface area contributed by atoms with E-state index >= 15 is 0 Å². The van der Waals surface area contributed by atoms with Crippen LogP contribution in [0, 0.1) is 11.3 Å². The van der Waals surface area contributed by atoms with Crippen LogP contribution in [0.3, 0.4) is 0 Å². The molecule has 1 aliphatic heterocycles. The molecule has 1 atom stereocenters. The van der Waals surface area contributed by atoms with E-state index in [-0.39, 0.29) is 6.61 Å². The Hall–Kier alpha value is -3.98. The second-order valence-corrected chi connectivity index (χ2v) is 9.55. The van der Waals surface area contributed by atoms with Crippen LogP contribution in [0.2, 0.25) is 5.15 Å². The van der Waals surface area contributed by atoms with Gasteiger partial charge in [-0.15, -0.1) is 0 Å². The van der Waals surface area contributed by atoms with Gasteiger partial charge in [0.25, 0.3) is 0 Å². The van der Waals surface area contributed by atoms with E-state index in [9.17, 15) is 10.4 Å². The molecule has 40 heavy (non-hydrogen) atoms. The number of hydrogen-bond donors (Lipinski definition) is 1. The number of nitriles is 1. The average molecular weight is 554 g/mol. The Bertz CT molecular complexity index is 1590. The number of halogens is 1. The van der Waals surface area contributed by atoms with Gasteiger partial charge < -0.3 is 9.84 Å². The van der Waals surface area contributed by atoms with Crippen LogP contribution >= 0.6 is 11.6 Å². The minimum Gasteiger partial charge on any atom is -0.489 e. The number of fused-ring (bicyclic) bond motifs is 6. The van der Waals surface area contributed by atoms with E-state index in [4.69, 9.17) is 16.3 Å². The maximum atomic E-state index is 12.3. The zero-order valence-corrected chi connectivity index (χ0v) is 24.8. The van der Waals surface area contributed by atoms with Gasteiger partial charge in [0, 0.05) is 23.4 Å². The minimum atomic E-state index is -1.51. The van der Waals surface area contributed by atoms with Gasteiger partial charge in [0.15, 0.2) is 0 Å². The summed E-state index contributed by atoms with van der Waals surface area (Å²) in [5.74, 6) is 0.664. The van der Waals surface area contributed by atoms with Crippen molar-refractivity contribution in [3.05, 3.63) is 106 Å². The van der Waals surface area contributed by atoms with Crippen LogP contribution in [0.1, 0.15) is 70.2 Å². The van der Waals surface area contributed by atoms with Crippen molar-refractivity contribution in [1.29, 1.82) is 5.26 Å². The van der Waals surface area contributed by atoms with Crippen molar-refractivity contribution in [3.8, 4) is 22.9 Å². The first-order valence-corrected chi connectivity index (χ1v) is 14.0. The highest BCUT2D eigenvalue weighted by Crippen LogP contribution is 2.41. The molecule has 6 bridgehead atoms. The first-order valence-electron chi connectivity index (χ1n) is 13.6. The molecule has 0 fully saturated rings. The molecule has 5 rings (SSSR count). The topological polar surface area (TPSA) is 78.5 Å². The Morgan fingerprint density at radius 3 is 2.50 bits per heavy atom. The van der Waals surface area contributed by atoms with Crippen LogP contribution < -0.4 is 4.74 Å². The molecule has 0 saturated carbocycles. The van der Waals surface area contributed by atoms with Gasteiger partial charge in [-0.2, -0.15) is 5.26 Å². The largest absolute Gasteiger partial charge is 0.489 e. The van der Waals surface area contributed by atoms with E-state index in [2.05, 4.69) is 29.9 Å². The summed E-state index contributed by atoms with van der Waals surface area (Å²) in [5.41, 5.74) is 4.07. The van der Waals surface area contributed by atoms with Crippen molar-refractivity contribution < 1.29 is 9.84 Å². The number of benzene rings is 3. The quantitative estimate of drug-likeness (QED) is 0.198. The van der Waals surface area contributed by atoms with Crippen LogP contribution in [0.4, 0.5) is 0 Å². The van der Waals surface area contributed by atoms with Crippen LogP contribution in [0.5, 0.6) is 5.75 Å². The van der Waals surface area contributed by atoms with Gasteiger partial charge in [0.2, 0.25) is 0 Å². The lowest BCUT2D eigenvalue weighted by Crippen LogP contribution is -2.29.